The number of carbonyl (C=O) groups excluding carboxylic acids is 1. The number of hydrogen-bond acceptors (Lipinski definition) is 3. The Balaban J connectivity index is 1.75. The number of halogens is 1. The van der Waals surface area contributed by atoms with E-state index in [1.807, 2.05) is 30.3 Å². The fourth-order valence-corrected chi connectivity index (χ4v) is 1.70. The Labute approximate surface area is 116 Å². The van der Waals surface area contributed by atoms with E-state index in [2.05, 4.69) is 0 Å². The number of esters is 1. The monoisotopic (exact) mass is 276 g/mol. The first-order valence-corrected chi connectivity index (χ1v) is 6.24. The third kappa shape index (κ3) is 4.30. The van der Waals surface area contributed by atoms with E-state index < -0.39 is 5.97 Å². The van der Waals surface area contributed by atoms with E-state index >= 15 is 0 Å². The van der Waals surface area contributed by atoms with Gasteiger partial charge >= 0.3 is 5.97 Å². The zero-order chi connectivity index (χ0) is 13.5. The Morgan fingerprint density at radius 1 is 1.00 bits per heavy atom. The summed E-state index contributed by atoms with van der Waals surface area (Å²) in [5, 5.41) is 0.509. The Morgan fingerprint density at radius 3 is 2.53 bits per heavy atom. The average Bonchev–Trinajstić information content (AvgIpc) is 2.44. The van der Waals surface area contributed by atoms with Crippen LogP contribution in [0.2, 0.25) is 5.02 Å². The lowest BCUT2D eigenvalue weighted by Crippen LogP contribution is -2.12. The lowest BCUT2D eigenvalue weighted by atomic mass is 10.2. The molecule has 3 nitrogen and oxygen atoms in total. The van der Waals surface area contributed by atoms with Crippen molar-refractivity contribution in [3.8, 4) is 5.75 Å². The fraction of sp³-hybridized carbons (Fsp3) is 0.133. The molecule has 0 aromatic heterocycles. The van der Waals surface area contributed by atoms with Crippen molar-refractivity contribution in [2.75, 3.05) is 13.2 Å². The third-order valence-electron chi connectivity index (χ3n) is 2.39. The van der Waals surface area contributed by atoms with Gasteiger partial charge in [0.15, 0.2) is 0 Å². The van der Waals surface area contributed by atoms with Crippen LogP contribution in [0.15, 0.2) is 54.6 Å². The number of rotatable bonds is 5. The molecule has 0 atom stereocenters. The van der Waals surface area contributed by atoms with Crippen molar-refractivity contribution < 1.29 is 14.3 Å². The molecule has 2 aromatic carbocycles. The number of ether oxygens (including phenoxy) is 2. The summed E-state index contributed by atoms with van der Waals surface area (Å²) in [7, 11) is 0. The predicted octanol–water partition coefficient (Wildman–Crippen LogP) is 3.58. The van der Waals surface area contributed by atoms with Crippen LogP contribution in [0.3, 0.4) is 0 Å². The first kappa shape index (κ1) is 13.4. The average molecular weight is 277 g/mol. The Bertz CT molecular complexity index is 540. The van der Waals surface area contributed by atoms with Gasteiger partial charge in [0.25, 0.3) is 0 Å². The van der Waals surface area contributed by atoms with Gasteiger partial charge in [-0.1, -0.05) is 35.9 Å². The van der Waals surface area contributed by atoms with Crippen molar-refractivity contribution in [1.29, 1.82) is 0 Å². The topological polar surface area (TPSA) is 35.5 Å². The highest BCUT2D eigenvalue weighted by atomic mass is 35.5. The summed E-state index contributed by atoms with van der Waals surface area (Å²) in [5.41, 5.74) is 0.437. The van der Waals surface area contributed by atoms with Crippen molar-refractivity contribution in [3.05, 3.63) is 65.2 Å². The van der Waals surface area contributed by atoms with E-state index in [1.165, 1.54) is 0 Å². The molecular weight excluding hydrogens is 264 g/mol. The quantitative estimate of drug-likeness (QED) is 0.618. The molecule has 0 N–H and O–H groups in total. The highest BCUT2D eigenvalue weighted by Gasteiger charge is 2.06. The summed E-state index contributed by atoms with van der Waals surface area (Å²) in [6, 6.07) is 16.0. The van der Waals surface area contributed by atoms with Crippen molar-refractivity contribution >= 4 is 17.6 Å². The minimum atomic E-state index is -0.404. The molecule has 0 saturated carbocycles. The molecular formula is C15H13ClO3. The van der Waals surface area contributed by atoms with E-state index in [0.29, 0.717) is 17.2 Å². The standard InChI is InChI=1S/C15H13ClO3/c16-13-6-4-5-12(11-13)15(17)19-10-9-18-14-7-2-1-3-8-14/h1-8,11H,9-10H2. The van der Waals surface area contributed by atoms with E-state index in [-0.39, 0.29) is 6.61 Å². The van der Waals surface area contributed by atoms with Crippen LogP contribution in [-0.2, 0) is 4.74 Å². The molecule has 0 amide bonds. The summed E-state index contributed by atoms with van der Waals surface area (Å²) in [4.78, 5) is 11.7. The minimum Gasteiger partial charge on any atom is -0.490 e. The first-order valence-electron chi connectivity index (χ1n) is 5.86. The van der Waals surface area contributed by atoms with Gasteiger partial charge < -0.3 is 9.47 Å². The van der Waals surface area contributed by atoms with Crippen molar-refractivity contribution in [1.82, 2.24) is 0 Å². The van der Waals surface area contributed by atoms with Crippen LogP contribution < -0.4 is 4.74 Å². The molecule has 98 valence electrons. The highest BCUT2D eigenvalue weighted by molar-refractivity contribution is 6.30. The lowest BCUT2D eigenvalue weighted by Gasteiger charge is -2.07. The van der Waals surface area contributed by atoms with Crippen LogP contribution in [0.1, 0.15) is 10.4 Å². The van der Waals surface area contributed by atoms with Crippen LogP contribution in [0, 0.1) is 0 Å². The minimum absolute atomic E-state index is 0.195. The van der Waals surface area contributed by atoms with Gasteiger partial charge in [-0.15, -0.1) is 0 Å². The molecule has 0 aliphatic carbocycles. The molecule has 0 fully saturated rings. The Morgan fingerprint density at radius 2 is 1.79 bits per heavy atom. The van der Waals surface area contributed by atoms with E-state index in [0.717, 1.165) is 5.75 Å². The molecule has 0 aliphatic rings. The van der Waals surface area contributed by atoms with Crippen molar-refractivity contribution in [3.63, 3.8) is 0 Å². The van der Waals surface area contributed by atoms with Gasteiger partial charge in [0.2, 0.25) is 0 Å². The summed E-state index contributed by atoms with van der Waals surface area (Å²) in [5.74, 6) is 0.348. The predicted molar refractivity (Wildman–Crippen MR) is 73.7 cm³/mol. The number of hydrogen-bond donors (Lipinski definition) is 0. The van der Waals surface area contributed by atoms with Gasteiger partial charge in [-0.2, -0.15) is 0 Å². The van der Waals surface area contributed by atoms with Crippen LogP contribution in [0.5, 0.6) is 5.75 Å². The highest BCUT2D eigenvalue weighted by Crippen LogP contribution is 2.12. The molecule has 2 aromatic rings. The molecule has 0 unspecified atom stereocenters. The second-order valence-electron chi connectivity index (χ2n) is 3.81. The van der Waals surface area contributed by atoms with Crippen LogP contribution >= 0.6 is 11.6 Å². The second kappa shape index (κ2) is 6.81. The molecule has 0 radical (unpaired) electrons. The maximum Gasteiger partial charge on any atom is 0.338 e. The Hall–Kier alpha value is -2.00. The van der Waals surface area contributed by atoms with Gasteiger partial charge in [-0.25, -0.2) is 4.79 Å². The van der Waals surface area contributed by atoms with Crippen LogP contribution in [0.25, 0.3) is 0 Å². The molecule has 19 heavy (non-hydrogen) atoms. The zero-order valence-corrected chi connectivity index (χ0v) is 11.0. The molecule has 0 aliphatic heterocycles. The largest absolute Gasteiger partial charge is 0.490 e. The summed E-state index contributed by atoms with van der Waals surface area (Å²) < 4.78 is 10.5. The lowest BCUT2D eigenvalue weighted by molar-refractivity contribution is 0.0450. The third-order valence-corrected chi connectivity index (χ3v) is 2.62. The molecule has 2 rings (SSSR count). The maximum absolute atomic E-state index is 11.7. The molecule has 0 saturated heterocycles. The van der Waals surface area contributed by atoms with Crippen LogP contribution in [0.4, 0.5) is 0 Å². The van der Waals surface area contributed by atoms with E-state index in [4.69, 9.17) is 21.1 Å². The van der Waals surface area contributed by atoms with Gasteiger partial charge in [0, 0.05) is 5.02 Å². The Kier molecular flexibility index (Phi) is 4.81. The SMILES string of the molecule is O=C(OCCOc1ccccc1)c1cccc(Cl)c1. The number of carbonyl (C=O) groups is 1. The molecule has 0 heterocycles. The summed E-state index contributed by atoms with van der Waals surface area (Å²) >= 11 is 5.80. The number of benzene rings is 2. The fourth-order valence-electron chi connectivity index (χ4n) is 1.51. The first-order chi connectivity index (χ1) is 9.25. The smallest absolute Gasteiger partial charge is 0.338 e. The van der Waals surface area contributed by atoms with Gasteiger partial charge in [0.05, 0.1) is 5.56 Å². The molecule has 0 spiro atoms. The van der Waals surface area contributed by atoms with Crippen LogP contribution in [-0.4, -0.2) is 19.2 Å². The van der Waals surface area contributed by atoms with E-state index in [9.17, 15) is 4.79 Å². The van der Waals surface area contributed by atoms with Gasteiger partial charge in [0.1, 0.15) is 19.0 Å². The van der Waals surface area contributed by atoms with Gasteiger partial charge in [-0.05, 0) is 30.3 Å². The van der Waals surface area contributed by atoms with Crippen molar-refractivity contribution in [2.24, 2.45) is 0 Å². The van der Waals surface area contributed by atoms with E-state index in [1.54, 1.807) is 24.3 Å². The molecule has 4 heteroatoms. The number of para-hydroxylation sites is 1. The summed E-state index contributed by atoms with van der Waals surface area (Å²) in [6.45, 7) is 0.510. The second-order valence-corrected chi connectivity index (χ2v) is 4.24. The van der Waals surface area contributed by atoms with Crippen molar-refractivity contribution in [2.45, 2.75) is 0 Å². The maximum atomic E-state index is 11.7. The normalized spacial score (nSPS) is 9.95. The van der Waals surface area contributed by atoms with Gasteiger partial charge in [-0.3, -0.25) is 0 Å². The summed E-state index contributed by atoms with van der Waals surface area (Å²) in [6.07, 6.45) is 0. The molecule has 0 bridgehead atoms. The zero-order valence-electron chi connectivity index (χ0n) is 10.2.